The van der Waals surface area contributed by atoms with Gasteiger partial charge in [-0.05, 0) is 37.5 Å². The summed E-state index contributed by atoms with van der Waals surface area (Å²) >= 11 is 0. The van der Waals surface area contributed by atoms with E-state index in [9.17, 15) is 32.8 Å². The van der Waals surface area contributed by atoms with Crippen LogP contribution in [0.25, 0.3) is 10.9 Å². The number of rotatable bonds is 6. The van der Waals surface area contributed by atoms with Crippen molar-refractivity contribution in [3.05, 3.63) is 30.0 Å². The molecule has 2 fully saturated rings. The minimum Gasteiger partial charge on any atom is -0.496 e. The van der Waals surface area contributed by atoms with E-state index < -0.39 is 54.9 Å². The van der Waals surface area contributed by atoms with Gasteiger partial charge in [0.15, 0.2) is 0 Å². The van der Waals surface area contributed by atoms with Gasteiger partial charge in [-0.3, -0.25) is 14.4 Å². The van der Waals surface area contributed by atoms with Crippen LogP contribution < -0.4 is 15.4 Å². The highest BCUT2D eigenvalue weighted by molar-refractivity contribution is 6.01. The number of alkyl halides is 3. The number of nitrogens with one attached hydrogen (secondary N) is 3. The van der Waals surface area contributed by atoms with Crippen LogP contribution in [0.2, 0.25) is 0 Å². The number of ether oxygens (including phenoxy) is 1. The number of likely N-dealkylation sites (tertiary alicyclic amines) is 1. The van der Waals surface area contributed by atoms with Gasteiger partial charge in [0, 0.05) is 29.9 Å². The van der Waals surface area contributed by atoms with Crippen molar-refractivity contribution in [2.45, 2.75) is 37.5 Å². The summed E-state index contributed by atoms with van der Waals surface area (Å²) in [6.07, 6.45) is -4.68. The normalized spacial score (nSPS) is 23.1. The molecule has 0 aliphatic carbocycles. The number of benzene rings is 1. The third-order valence-electron chi connectivity index (χ3n) is 6.56. The van der Waals surface area contributed by atoms with Crippen molar-refractivity contribution < 1.29 is 32.3 Å². The molecule has 1 aromatic carbocycles. The van der Waals surface area contributed by atoms with E-state index in [1.54, 1.807) is 18.2 Å². The molecule has 2 aromatic rings. The highest BCUT2D eigenvalue weighted by atomic mass is 19.4. The quantitative estimate of drug-likeness (QED) is 0.571. The largest absolute Gasteiger partial charge is 0.496 e. The summed E-state index contributed by atoms with van der Waals surface area (Å²) in [4.78, 5) is 41.9. The fraction of sp³-hybridized carbons (Fsp3) is 0.478. The maximum atomic E-state index is 13.6. The summed E-state index contributed by atoms with van der Waals surface area (Å²) < 4.78 is 45.9. The third-order valence-corrected chi connectivity index (χ3v) is 6.56. The highest BCUT2D eigenvalue weighted by Crippen LogP contribution is 2.38. The van der Waals surface area contributed by atoms with Crippen molar-refractivity contribution in [2.75, 3.05) is 20.2 Å². The van der Waals surface area contributed by atoms with Crippen LogP contribution in [0.1, 0.15) is 29.8 Å². The second-order valence-corrected chi connectivity index (χ2v) is 8.75. The van der Waals surface area contributed by atoms with Crippen molar-refractivity contribution >= 4 is 28.6 Å². The number of nitrogens with zero attached hydrogens (tertiary/aromatic N) is 2. The van der Waals surface area contributed by atoms with E-state index in [4.69, 9.17) is 4.74 Å². The van der Waals surface area contributed by atoms with Gasteiger partial charge in [0.2, 0.25) is 11.8 Å². The Kier molecular flexibility index (Phi) is 6.60. The van der Waals surface area contributed by atoms with Crippen LogP contribution >= 0.6 is 0 Å². The molecule has 2 aliphatic rings. The molecule has 9 nitrogen and oxygen atoms in total. The Bertz CT molecular complexity index is 1190. The zero-order chi connectivity index (χ0) is 25.3. The fourth-order valence-corrected chi connectivity index (χ4v) is 4.69. The van der Waals surface area contributed by atoms with Crippen molar-refractivity contribution in [3.63, 3.8) is 0 Å². The fourth-order valence-electron chi connectivity index (χ4n) is 4.69. The van der Waals surface area contributed by atoms with E-state index >= 15 is 0 Å². The standard InChI is InChI=1S/C23H24F3N5O4/c1-35-19-4-2-3-16-15(19)9-17(30-16)22(34)31-11-13(23(24,25)26)8-18(31)21(33)29-14(10-27)7-12-5-6-28-20(12)32/h2-4,9,12-14,18,30H,5-8,11H2,1H3,(H,28,32)(H,29,33)/t12-,13+,14-,18?/m0/s1. The van der Waals surface area contributed by atoms with Gasteiger partial charge in [0.05, 0.1) is 19.1 Å². The van der Waals surface area contributed by atoms with E-state index in [-0.39, 0.29) is 18.0 Å². The molecule has 3 amide bonds. The Morgan fingerprint density at radius 3 is 2.77 bits per heavy atom. The minimum absolute atomic E-state index is 0.0181. The first-order valence-corrected chi connectivity index (χ1v) is 11.1. The smallest absolute Gasteiger partial charge is 0.393 e. The topological polar surface area (TPSA) is 127 Å². The highest BCUT2D eigenvalue weighted by Gasteiger charge is 2.51. The molecule has 3 N–H and O–H groups in total. The van der Waals surface area contributed by atoms with Gasteiger partial charge in [-0.15, -0.1) is 0 Å². The number of carbonyl (C=O) groups is 3. The Morgan fingerprint density at radius 1 is 1.37 bits per heavy atom. The minimum atomic E-state index is -4.60. The van der Waals surface area contributed by atoms with Crippen LogP contribution in [0.5, 0.6) is 5.75 Å². The summed E-state index contributed by atoms with van der Waals surface area (Å²) in [5.74, 6) is -3.73. The Hall–Kier alpha value is -3.75. The van der Waals surface area contributed by atoms with Crippen LogP contribution in [-0.2, 0) is 9.59 Å². The summed E-state index contributed by atoms with van der Waals surface area (Å²) in [6, 6.07) is 5.95. The molecule has 35 heavy (non-hydrogen) atoms. The van der Waals surface area contributed by atoms with Crippen LogP contribution in [-0.4, -0.2) is 66.1 Å². The van der Waals surface area contributed by atoms with Crippen molar-refractivity contribution in [2.24, 2.45) is 11.8 Å². The third kappa shape index (κ3) is 4.89. The van der Waals surface area contributed by atoms with E-state index in [0.717, 1.165) is 4.90 Å². The summed E-state index contributed by atoms with van der Waals surface area (Å²) in [6.45, 7) is -0.224. The van der Waals surface area contributed by atoms with Crippen LogP contribution in [0, 0.1) is 23.2 Å². The number of fused-ring (bicyclic) bond motifs is 1. The predicted molar refractivity (Wildman–Crippen MR) is 117 cm³/mol. The molecule has 0 bridgehead atoms. The van der Waals surface area contributed by atoms with E-state index in [2.05, 4.69) is 15.6 Å². The SMILES string of the molecule is COc1cccc2[nH]c(C(=O)N3C[C@H](C(F)(F)F)CC3C(=O)N[C@H](C#N)C[C@@H]3CCNC3=O)cc12. The summed E-state index contributed by atoms with van der Waals surface area (Å²) in [5.41, 5.74) is 0.573. The zero-order valence-corrected chi connectivity index (χ0v) is 18.8. The maximum absolute atomic E-state index is 13.6. The lowest BCUT2D eigenvalue weighted by molar-refractivity contribution is -0.170. The molecule has 1 aromatic heterocycles. The number of carbonyl (C=O) groups excluding carboxylic acids is 3. The van der Waals surface area contributed by atoms with Crippen LogP contribution in [0.3, 0.4) is 0 Å². The number of H-pyrrole nitrogens is 1. The lowest BCUT2D eigenvalue weighted by Crippen LogP contribution is -2.49. The monoisotopic (exact) mass is 491 g/mol. The number of hydrogen-bond donors (Lipinski definition) is 3. The molecule has 0 saturated carbocycles. The van der Waals surface area contributed by atoms with Gasteiger partial charge in [-0.2, -0.15) is 18.4 Å². The van der Waals surface area contributed by atoms with Crippen molar-refractivity contribution in [3.8, 4) is 11.8 Å². The van der Waals surface area contributed by atoms with Gasteiger partial charge in [-0.25, -0.2) is 0 Å². The first kappa shape index (κ1) is 24.4. The van der Waals surface area contributed by atoms with Crippen molar-refractivity contribution in [1.29, 1.82) is 5.26 Å². The summed E-state index contributed by atoms with van der Waals surface area (Å²) in [5, 5.41) is 15.1. The number of hydrogen-bond acceptors (Lipinski definition) is 5. The molecule has 12 heteroatoms. The first-order chi connectivity index (χ1) is 16.6. The number of aromatic amines is 1. The second kappa shape index (κ2) is 9.48. The number of nitriles is 1. The summed E-state index contributed by atoms with van der Waals surface area (Å²) in [7, 11) is 1.46. The van der Waals surface area contributed by atoms with Gasteiger partial charge >= 0.3 is 6.18 Å². The average molecular weight is 491 g/mol. The molecular formula is C23H24F3N5O4. The lowest BCUT2D eigenvalue weighted by atomic mass is 9.98. The molecule has 0 radical (unpaired) electrons. The molecular weight excluding hydrogens is 467 g/mol. The van der Waals surface area contributed by atoms with Crippen LogP contribution in [0.15, 0.2) is 24.3 Å². The molecule has 2 aliphatic heterocycles. The predicted octanol–water partition coefficient (Wildman–Crippen LogP) is 2.10. The molecule has 186 valence electrons. The molecule has 0 spiro atoms. The van der Waals surface area contributed by atoms with E-state index in [0.29, 0.717) is 29.6 Å². The first-order valence-electron chi connectivity index (χ1n) is 11.1. The van der Waals surface area contributed by atoms with Gasteiger partial charge < -0.3 is 25.3 Å². The molecule has 4 rings (SSSR count). The molecule has 2 saturated heterocycles. The van der Waals surface area contributed by atoms with Gasteiger partial charge in [-0.1, -0.05) is 6.07 Å². The van der Waals surface area contributed by atoms with Gasteiger partial charge in [0.25, 0.3) is 5.91 Å². The molecule has 4 atom stereocenters. The van der Waals surface area contributed by atoms with Gasteiger partial charge in [0.1, 0.15) is 23.5 Å². The molecule has 1 unspecified atom stereocenters. The van der Waals surface area contributed by atoms with Crippen LogP contribution in [0.4, 0.5) is 13.2 Å². The number of methoxy groups -OCH3 is 1. The van der Waals surface area contributed by atoms with Crippen molar-refractivity contribution in [1.82, 2.24) is 20.5 Å². The number of halogens is 3. The number of aromatic nitrogens is 1. The average Bonchev–Trinajstić information content (AvgIpc) is 3.55. The zero-order valence-electron chi connectivity index (χ0n) is 18.8. The lowest BCUT2D eigenvalue weighted by Gasteiger charge is -2.25. The Balaban J connectivity index is 1.56. The molecule has 3 heterocycles. The Morgan fingerprint density at radius 2 is 2.14 bits per heavy atom. The second-order valence-electron chi connectivity index (χ2n) is 8.75. The van der Waals surface area contributed by atoms with E-state index in [1.165, 1.54) is 13.2 Å². The number of amides is 3. The maximum Gasteiger partial charge on any atom is 0.393 e. The Labute approximate surface area is 198 Å². The van der Waals surface area contributed by atoms with E-state index in [1.807, 2.05) is 6.07 Å².